The molecule has 0 unspecified atom stereocenters. The first-order valence-corrected chi connectivity index (χ1v) is 16.9. The van der Waals surface area contributed by atoms with Crippen molar-refractivity contribution in [3.63, 3.8) is 0 Å². The van der Waals surface area contributed by atoms with Gasteiger partial charge in [0.1, 0.15) is 5.75 Å². The molecular weight excluding hydrogens is 629 g/mol. The normalized spacial score (nSPS) is 20.9. The van der Waals surface area contributed by atoms with Gasteiger partial charge in [0.2, 0.25) is 10.0 Å². The number of amides is 3. The van der Waals surface area contributed by atoms with Crippen LogP contribution in [0.15, 0.2) is 42.5 Å². The number of alkyl halides is 3. The van der Waals surface area contributed by atoms with E-state index in [1.54, 1.807) is 13.0 Å². The Morgan fingerprint density at radius 3 is 2.39 bits per heavy atom. The molecule has 3 N–H and O–H groups in total. The molecule has 3 amide bonds. The number of rotatable bonds is 7. The minimum atomic E-state index is -4.50. The lowest BCUT2D eigenvalue weighted by atomic mass is 10.0. The van der Waals surface area contributed by atoms with Crippen LogP contribution in [-0.4, -0.2) is 93.1 Å². The van der Waals surface area contributed by atoms with Gasteiger partial charge in [0.25, 0.3) is 5.91 Å². The second-order valence-corrected chi connectivity index (χ2v) is 13.5. The molecule has 0 bridgehead atoms. The third-order valence-corrected chi connectivity index (χ3v) is 8.23. The molecule has 11 nitrogen and oxygen atoms in total. The van der Waals surface area contributed by atoms with Gasteiger partial charge in [0, 0.05) is 44.0 Å². The molecule has 1 aliphatic rings. The fraction of sp³-hybridized carbons (Fsp3) is 0.548. The number of sulfonamides is 1. The molecule has 2 aromatic rings. The molecule has 1 aliphatic heterocycles. The van der Waals surface area contributed by atoms with Gasteiger partial charge < -0.3 is 29.7 Å². The van der Waals surface area contributed by atoms with E-state index in [9.17, 15) is 36.3 Å². The third-order valence-electron chi connectivity index (χ3n) is 7.62. The Hall–Kier alpha value is -3.56. The topological polar surface area (TPSA) is 138 Å². The van der Waals surface area contributed by atoms with Crippen LogP contribution in [0.2, 0.25) is 0 Å². The van der Waals surface area contributed by atoms with Crippen molar-refractivity contribution in [1.29, 1.82) is 0 Å². The Balaban J connectivity index is 1.87. The summed E-state index contributed by atoms with van der Waals surface area (Å²) in [6, 6.07) is 7.40. The molecule has 0 saturated heterocycles. The highest BCUT2D eigenvalue weighted by Crippen LogP contribution is 2.31. The maximum Gasteiger partial charge on any atom is 0.416 e. The van der Waals surface area contributed by atoms with E-state index in [0.29, 0.717) is 19.4 Å². The maximum atomic E-state index is 14.1. The van der Waals surface area contributed by atoms with E-state index in [0.717, 1.165) is 24.8 Å². The van der Waals surface area contributed by atoms with E-state index in [-0.39, 0.29) is 54.4 Å². The highest BCUT2D eigenvalue weighted by Gasteiger charge is 2.32. The molecule has 0 fully saturated rings. The summed E-state index contributed by atoms with van der Waals surface area (Å²) in [5.41, 5.74) is -0.337. The van der Waals surface area contributed by atoms with E-state index < -0.39 is 45.8 Å². The number of benzene rings is 2. The number of fused-ring (bicyclic) bond motifs is 1. The van der Waals surface area contributed by atoms with Crippen LogP contribution in [0.1, 0.15) is 56.0 Å². The van der Waals surface area contributed by atoms with Crippen molar-refractivity contribution in [2.75, 3.05) is 49.6 Å². The highest BCUT2D eigenvalue weighted by atomic mass is 32.2. The minimum absolute atomic E-state index is 0.0989. The van der Waals surface area contributed by atoms with E-state index in [1.165, 1.54) is 41.1 Å². The standard InChI is InChI=1S/C31H43F3N4O7S/c1-20-17-38(21(2)19-39)29(40)26-16-25(36-46(5,42)43)13-14-27(26)45-22(3)8-6-7-15-44-28(20)18-37(4)30(41)35-24-11-9-23(10-12-24)31(32,33)34/h9-14,16,20-22,28,36,39H,6-8,15,17-19H2,1-5H3,(H,35,41)/t20-,21+,22+,28-/m1/s1. The number of hydrogen-bond acceptors (Lipinski definition) is 7. The second kappa shape index (κ2) is 15.8. The molecule has 0 aromatic heterocycles. The molecule has 15 heteroatoms. The van der Waals surface area contributed by atoms with Gasteiger partial charge in [-0.25, -0.2) is 13.2 Å². The fourth-order valence-electron chi connectivity index (χ4n) is 4.98. The highest BCUT2D eigenvalue weighted by molar-refractivity contribution is 7.92. The molecule has 0 spiro atoms. The predicted octanol–water partition coefficient (Wildman–Crippen LogP) is 5.04. The Morgan fingerprint density at radius 2 is 1.78 bits per heavy atom. The molecule has 4 atom stereocenters. The molecular formula is C31H43F3N4O7S. The zero-order valence-corrected chi connectivity index (χ0v) is 27.5. The number of ether oxygens (including phenoxy) is 2. The molecule has 0 saturated carbocycles. The van der Waals surface area contributed by atoms with Crippen LogP contribution >= 0.6 is 0 Å². The van der Waals surface area contributed by atoms with Gasteiger partial charge >= 0.3 is 12.2 Å². The number of carbonyl (C=O) groups is 2. The maximum absolute atomic E-state index is 14.1. The summed E-state index contributed by atoms with van der Waals surface area (Å²) in [6.07, 6.45) is -2.24. The number of hydrogen-bond donors (Lipinski definition) is 3. The van der Waals surface area contributed by atoms with Gasteiger partial charge in [-0.05, 0) is 75.6 Å². The summed E-state index contributed by atoms with van der Waals surface area (Å²) in [5, 5.41) is 12.7. The van der Waals surface area contributed by atoms with Crippen LogP contribution in [0, 0.1) is 5.92 Å². The van der Waals surface area contributed by atoms with Crippen molar-refractivity contribution < 1.29 is 45.8 Å². The first-order chi connectivity index (χ1) is 21.5. The first-order valence-electron chi connectivity index (χ1n) is 15.0. The number of anilines is 2. The average Bonchev–Trinajstić information content (AvgIpc) is 2.97. The third kappa shape index (κ3) is 10.8. The van der Waals surface area contributed by atoms with Crippen LogP contribution in [-0.2, 0) is 20.9 Å². The Morgan fingerprint density at radius 1 is 1.13 bits per heavy atom. The zero-order valence-electron chi connectivity index (χ0n) is 26.6. The summed E-state index contributed by atoms with van der Waals surface area (Å²) in [4.78, 5) is 29.9. The van der Waals surface area contributed by atoms with E-state index >= 15 is 0 Å². The van der Waals surface area contributed by atoms with Crippen molar-refractivity contribution in [3.05, 3.63) is 53.6 Å². The summed E-state index contributed by atoms with van der Waals surface area (Å²) < 4.78 is 77.3. The molecule has 2 aromatic carbocycles. The Labute approximate surface area is 268 Å². The van der Waals surface area contributed by atoms with E-state index in [1.807, 2.05) is 13.8 Å². The summed E-state index contributed by atoms with van der Waals surface area (Å²) in [7, 11) is -2.10. The number of halogens is 3. The number of aliphatic hydroxyl groups excluding tert-OH is 1. The van der Waals surface area contributed by atoms with Gasteiger partial charge in [-0.1, -0.05) is 6.92 Å². The van der Waals surface area contributed by atoms with Gasteiger partial charge in [0.15, 0.2) is 0 Å². The van der Waals surface area contributed by atoms with Gasteiger partial charge in [-0.15, -0.1) is 0 Å². The Kier molecular flexibility index (Phi) is 12.7. The van der Waals surface area contributed by atoms with Crippen LogP contribution < -0.4 is 14.8 Å². The summed E-state index contributed by atoms with van der Waals surface area (Å²) >= 11 is 0. The van der Waals surface area contributed by atoms with E-state index in [2.05, 4.69) is 10.0 Å². The van der Waals surface area contributed by atoms with Gasteiger partial charge in [-0.3, -0.25) is 9.52 Å². The quantitative estimate of drug-likeness (QED) is 0.375. The number of nitrogens with zero attached hydrogens (tertiary/aromatic N) is 2. The average molecular weight is 673 g/mol. The number of aliphatic hydroxyl groups is 1. The Bertz CT molecular complexity index is 1440. The van der Waals surface area contributed by atoms with Crippen LogP contribution in [0.4, 0.5) is 29.3 Å². The lowest BCUT2D eigenvalue weighted by Gasteiger charge is -2.35. The molecule has 0 aliphatic carbocycles. The van der Waals surface area contributed by atoms with Gasteiger partial charge in [0.05, 0.1) is 42.2 Å². The summed E-state index contributed by atoms with van der Waals surface area (Å²) in [6.45, 7) is 5.62. The van der Waals surface area contributed by atoms with Crippen molar-refractivity contribution in [2.24, 2.45) is 5.92 Å². The van der Waals surface area contributed by atoms with Crippen molar-refractivity contribution >= 4 is 33.3 Å². The lowest BCUT2D eigenvalue weighted by molar-refractivity contribution is -0.137. The van der Waals surface area contributed by atoms with Crippen molar-refractivity contribution in [2.45, 2.75) is 64.5 Å². The SMILES string of the molecule is C[C@@H]1CN([C@@H](C)CO)C(=O)c2cc(NS(C)(=O)=O)ccc2O[C@@H](C)CCCCO[C@@H]1CN(C)C(=O)Nc1ccc(C(F)(F)F)cc1. The van der Waals surface area contributed by atoms with E-state index in [4.69, 9.17) is 9.47 Å². The zero-order chi connectivity index (χ0) is 34.2. The predicted molar refractivity (Wildman–Crippen MR) is 168 cm³/mol. The summed E-state index contributed by atoms with van der Waals surface area (Å²) in [5.74, 6) is -0.566. The molecule has 256 valence electrons. The number of urea groups is 1. The number of carbonyl (C=O) groups excluding carboxylic acids is 2. The molecule has 46 heavy (non-hydrogen) atoms. The number of likely N-dealkylation sites (N-methyl/N-ethyl adjacent to an activating group) is 1. The monoisotopic (exact) mass is 672 g/mol. The van der Waals surface area contributed by atoms with Crippen LogP contribution in [0.3, 0.4) is 0 Å². The molecule has 1 heterocycles. The van der Waals surface area contributed by atoms with Crippen LogP contribution in [0.25, 0.3) is 0 Å². The van der Waals surface area contributed by atoms with Crippen molar-refractivity contribution in [1.82, 2.24) is 9.80 Å². The second-order valence-electron chi connectivity index (χ2n) is 11.8. The lowest BCUT2D eigenvalue weighted by Crippen LogP contribution is -2.48. The first kappa shape index (κ1) is 36.9. The molecule has 3 rings (SSSR count). The van der Waals surface area contributed by atoms with Crippen molar-refractivity contribution in [3.8, 4) is 5.75 Å². The smallest absolute Gasteiger partial charge is 0.416 e. The molecule has 0 radical (unpaired) electrons. The largest absolute Gasteiger partial charge is 0.490 e. The fourth-order valence-corrected chi connectivity index (χ4v) is 5.53. The van der Waals surface area contributed by atoms with Gasteiger partial charge in [-0.2, -0.15) is 13.2 Å². The van der Waals surface area contributed by atoms with Crippen LogP contribution in [0.5, 0.6) is 5.75 Å². The minimum Gasteiger partial charge on any atom is -0.490 e. The number of nitrogens with one attached hydrogen (secondary N) is 2.